The molecule has 5 aromatic rings. The number of anilines is 2. The second-order valence-corrected chi connectivity index (χ2v) is 9.52. The molecule has 38 heavy (non-hydrogen) atoms. The molecule has 0 aliphatic carbocycles. The molecule has 0 atom stereocenters. The lowest BCUT2D eigenvalue weighted by atomic mass is 10.2. The summed E-state index contributed by atoms with van der Waals surface area (Å²) in [5.41, 5.74) is 1.53. The van der Waals surface area contributed by atoms with Gasteiger partial charge in [0, 0.05) is 19.0 Å². The van der Waals surface area contributed by atoms with Gasteiger partial charge in [-0.2, -0.15) is 0 Å². The molecule has 0 N–H and O–H groups in total. The van der Waals surface area contributed by atoms with Crippen LogP contribution in [0.3, 0.4) is 0 Å². The lowest BCUT2D eigenvalue weighted by Gasteiger charge is -2.21. The summed E-state index contributed by atoms with van der Waals surface area (Å²) in [6.45, 7) is 2.29. The van der Waals surface area contributed by atoms with Crippen molar-refractivity contribution in [2.24, 2.45) is 0 Å². The van der Waals surface area contributed by atoms with Crippen LogP contribution < -0.4 is 16.1 Å². The summed E-state index contributed by atoms with van der Waals surface area (Å²) in [6.07, 6.45) is 1.52. The highest BCUT2D eigenvalue weighted by molar-refractivity contribution is 7.14. The average Bonchev–Trinajstić information content (AvgIpc) is 3.55. The molecule has 0 bridgehead atoms. The molecule has 0 saturated heterocycles. The van der Waals surface area contributed by atoms with E-state index in [1.165, 1.54) is 27.1 Å². The molecule has 0 aliphatic heterocycles. The summed E-state index contributed by atoms with van der Waals surface area (Å²) in [4.78, 5) is 51.5. The van der Waals surface area contributed by atoms with Gasteiger partial charge >= 0.3 is 5.69 Å². The fraction of sp³-hybridized carbons (Fsp3) is 0.222. The number of imidazole rings is 1. The lowest BCUT2D eigenvalue weighted by molar-refractivity contribution is -0.118. The number of para-hydroxylation sites is 1. The van der Waals surface area contributed by atoms with Gasteiger partial charge in [-0.25, -0.2) is 19.3 Å². The van der Waals surface area contributed by atoms with E-state index in [1.54, 1.807) is 23.8 Å². The summed E-state index contributed by atoms with van der Waals surface area (Å²) in [5.74, 6) is -0.460. The minimum atomic E-state index is -0.611. The molecule has 1 amide bonds. The van der Waals surface area contributed by atoms with Crippen molar-refractivity contribution in [3.8, 4) is 0 Å². The zero-order valence-corrected chi connectivity index (χ0v) is 21.8. The molecule has 3 heterocycles. The topological polar surface area (TPSA) is 104 Å². The molecule has 194 valence electrons. The number of hydrogen-bond acceptors (Lipinski definition) is 7. The maximum atomic E-state index is 13.8. The van der Waals surface area contributed by atoms with Crippen LogP contribution in [0.2, 0.25) is 0 Å². The quantitative estimate of drug-likeness (QED) is 0.290. The second-order valence-electron chi connectivity index (χ2n) is 8.68. The minimum absolute atomic E-state index is 0.194. The number of carbonyl (C=O) groups excluding carboxylic acids is 1. The zero-order valence-electron chi connectivity index (χ0n) is 21.0. The van der Waals surface area contributed by atoms with E-state index < -0.39 is 23.7 Å². The van der Waals surface area contributed by atoms with Gasteiger partial charge in [0.05, 0.1) is 30.9 Å². The van der Waals surface area contributed by atoms with Crippen molar-refractivity contribution in [3.05, 3.63) is 104 Å². The number of carbonyl (C=O) groups is 1. The van der Waals surface area contributed by atoms with Crippen molar-refractivity contribution in [3.63, 3.8) is 0 Å². The number of aryl methyl sites for hydroxylation is 1. The summed E-state index contributed by atoms with van der Waals surface area (Å²) in [6, 6.07) is 18.5. The molecule has 11 heteroatoms. The van der Waals surface area contributed by atoms with Gasteiger partial charge < -0.3 is 9.30 Å². The highest BCUT2D eigenvalue weighted by Crippen LogP contribution is 2.28. The third-order valence-corrected chi connectivity index (χ3v) is 7.00. The van der Waals surface area contributed by atoms with Crippen LogP contribution in [0, 0.1) is 6.92 Å². The van der Waals surface area contributed by atoms with E-state index in [4.69, 9.17) is 4.74 Å². The second kappa shape index (κ2) is 11.0. The maximum absolute atomic E-state index is 13.8. The Morgan fingerprint density at radius 1 is 1.03 bits per heavy atom. The molecule has 5 rings (SSSR count). The molecule has 0 fully saturated rings. The number of nitrogens with zero attached hydrogens (tertiary/aromatic N) is 6. The minimum Gasteiger partial charge on any atom is -0.383 e. The predicted octanol–water partition coefficient (Wildman–Crippen LogP) is 3.18. The summed E-state index contributed by atoms with van der Waals surface area (Å²) < 4.78 is 9.26. The number of benzene rings is 2. The van der Waals surface area contributed by atoms with Crippen LogP contribution >= 0.6 is 11.3 Å². The number of methoxy groups -OCH3 is 1. The predicted molar refractivity (Wildman–Crippen MR) is 146 cm³/mol. The van der Waals surface area contributed by atoms with Crippen LogP contribution in [-0.2, 0) is 29.2 Å². The highest BCUT2D eigenvalue weighted by atomic mass is 32.1. The zero-order chi connectivity index (χ0) is 26.6. The third kappa shape index (κ3) is 4.93. The smallest absolute Gasteiger partial charge is 0.333 e. The normalized spacial score (nSPS) is 11.2. The van der Waals surface area contributed by atoms with Crippen LogP contribution in [-0.4, -0.2) is 43.3 Å². The summed E-state index contributed by atoms with van der Waals surface area (Å²) in [5, 5.41) is 2.31. The summed E-state index contributed by atoms with van der Waals surface area (Å²) in [7, 11) is 1.57. The number of aromatic nitrogens is 5. The van der Waals surface area contributed by atoms with E-state index in [0.717, 1.165) is 15.8 Å². The highest BCUT2D eigenvalue weighted by Gasteiger charge is 2.25. The van der Waals surface area contributed by atoms with Crippen molar-refractivity contribution < 1.29 is 9.53 Å². The standard InChI is InChI=1S/C27H26N6O4S/c1-19-17-38-26(29-19)33(21-11-7-4-8-12-21)22(34)16-32-25(35)23-24(28-18-30(23)13-14-37-2)31(27(32)36)15-20-9-5-3-6-10-20/h3-12,17-18H,13-16H2,1-2H3. The Balaban J connectivity index is 1.64. The van der Waals surface area contributed by atoms with E-state index in [1.807, 2.05) is 60.8 Å². The van der Waals surface area contributed by atoms with Gasteiger partial charge in [-0.3, -0.25) is 19.1 Å². The largest absolute Gasteiger partial charge is 0.383 e. The average molecular weight is 531 g/mol. The molecular weight excluding hydrogens is 504 g/mol. The number of rotatable bonds is 9. The van der Waals surface area contributed by atoms with Gasteiger partial charge in [-0.1, -0.05) is 48.5 Å². The Morgan fingerprint density at radius 2 is 1.74 bits per heavy atom. The first-order chi connectivity index (χ1) is 18.5. The molecule has 0 radical (unpaired) electrons. The van der Waals surface area contributed by atoms with Gasteiger partial charge in [0.1, 0.15) is 6.54 Å². The van der Waals surface area contributed by atoms with Gasteiger partial charge in [-0.15, -0.1) is 11.3 Å². The number of hydrogen-bond donors (Lipinski definition) is 0. The van der Waals surface area contributed by atoms with Crippen molar-refractivity contribution in [2.75, 3.05) is 18.6 Å². The van der Waals surface area contributed by atoms with Crippen LogP contribution in [0.5, 0.6) is 0 Å². The number of thiazole rings is 1. The van der Waals surface area contributed by atoms with Crippen molar-refractivity contribution in [1.82, 2.24) is 23.7 Å². The first kappa shape index (κ1) is 25.3. The van der Waals surface area contributed by atoms with Crippen LogP contribution in [0.4, 0.5) is 10.8 Å². The number of fused-ring (bicyclic) bond motifs is 1. The number of amides is 1. The first-order valence-corrected chi connectivity index (χ1v) is 12.9. The monoisotopic (exact) mass is 530 g/mol. The molecule has 0 spiro atoms. The summed E-state index contributed by atoms with van der Waals surface area (Å²) >= 11 is 1.32. The lowest BCUT2D eigenvalue weighted by Crippen LogP contribution is -2.44. The Kier molecular flexibility index (Phi) is 7.29. The van der Waals surface area contributed by atoms with E-state index >= 15 is 0 Å². The fourth-order valence-electron chi connectivity index (χ4n) is 4.23. The molecule has 0 unspecified atom stereocenters. The van der Waals surface area contributed by atoms with E-state index in [0.29, 0.717) is 24.0 Å². The van der Waals surface area contributed by atoms with E-state index in [-0.39, 0.29) is 17.7 Å². The third-order valence-electron chi connectivity index (χ3n) is 6.06. The Morgan fingerprint density at radius 3 is 2.39 bits per heavy atom. The van der Waals surface area contributed by atoms with E-state index in [2.05, 4.69) is 9.97 Å². The molecule has 3 aromatic heterocycles. The Hall–Kier alpha value is -4.35. The molecule has 2 aromatic carbocycles. The van der Waals surface area contributed by atoms with Crippen molar-refractivity contribution >= 4 is 39.2 Å². The van der Waals surface area contributed by atoms with Crippen molar-refractivity contribution in [1.29, 1.82) is 0 Å². The fourth-order valence-corrected chi connectivity index (χ4v) is 5.07. The van der Waals surface area contributed by atoms with Gasteiger partial charge in [0.25, 0.3) is 11.5 Å². The maximum Gasteiger partial charge on any atom is 0.333 e. The SMILES string of the molecule is COCCn1cnc2c1c(=O)n(CC(=O)N(c1ccccc1)c1nc(C)cs1)c(=O)n2Cc1ccccc1. The molecule has 0 aliphatic rings. The van der Waals surface area contributed by atoms with Crippen LogP contribution in [0.25, 0.3) is 11.2 Å². The van der Waals surface area contributed by atoms with Crippen LogP contribution in [0.1, 0.15) is 11.3 Å². The molecule has 10 nitrogen and oxygen atoms in total. The Bertz CT molecular complexity index is 1690. The Labute approximate surface area is 222 Å². The van der Waals surface area contributed by atoms with Gasteiger partial charge in [-0.05, 0) is 24.6 Å². The number of ether oxygens (including phenoxy) is 1. The van der Waals surface area contributed by atoms with Gasteiger partial charge in [0.2, 0.25) is 0 Å². The molecule has 0 saturated carbocycles. The first-order valence-electron chi connectivity index (χ1n) is 12.0. The molecular formula is C27H26N6O4S. The van der Waals surface area contributed by atoms with Crippen molar-refractivity contribution in [2.45, 2.75) is 26.6 Å². The van der Waals surface area contributed by atoms with Crippen LogP contribution in [0.15, 0.2) is 82.0 Å². The van der Waals surface area contributed by atoms with Gasteiger partial charge in [0.15, 0.2) is 16.3 Å². The van der Waals surface area contributed by atoms with E-state index in [9.17, 15) is 14.4 Å².